The molecular formula is C27H46O2. The van der Waals surface area contributed by atoms with Crippen molar-refractivity contribution in [1.29, 1.82) is 0 Å². The summed E-state index contributed by atoms with van der Waals surface area (Å²) in [6, 6.07) is 0. The molecule has 2 N–H and O–H groups in total. The summed E-state index contributed by atoms with van der Waals surface area (Å²) < 4.78 is 0. The van der Waals surface area contributed by atoms with E-state index in [1.54, 1.807) is 5.57 Å². The molecule has 0 saturated heterocycles. The lowest BCUT2D eigenvalue weighted by atomic mass is 9.47. The van der Waals surface area contributed by atoms with Gasteiger partial charge in [0.1, 0.15) is 0 Å². The Morgan fingerprint density at radius 2 is 1.76 bits per heavy atom. The first-order chi connectivity index (χ1) is 13.7. The minimum atomic E-state index is -0.133. The SMILES string of the molecule is CC(C)CC[C@H](O)[C@H](C)[C@H]1CC[C@@H]2[C@@H]3CC=C4C[C@@H](O)CC[C@]4(C)[C@@H]3CC[C@]12C. The smallest absolute Gasteiger partial charge is 0.0577 e. The van der Waals surface area contributed by atoms with Crippen LogP contribution in [0.25, 0.3) is 0 Å². The van der Waals surface area contributed by atoms with Crippen LogP contribution in [0.5, 0.6) is 0 Å². The van der Waals surface area contributed by atoms with Gasteiger partial charge in [0.2, 0.25) is 0 Å². The van der Waals surface area contributed by atoms with Crippen molar-refractivity contribution in [2.75, 3.05) is 0 Å². The van der Waals surface area contributed by atoms with Gasteiger partial charge >= 0.3 is 0 Å². The number of allylic oxidation sites excluding steroid dienone is 1. The summed E-state index contributed by atoms with van der Waals surface area (Å²) in [5, 5.41) is 21.2. The summed E-state index contributed by atoms with van der Waals surface area (Å²) in [6.07, 6.45) is 14.1. The first kappa shape index (κ1) is 21.9. The van der Waals surface area contributed by atoms with Crippen LogP contribution in [-0.2, 0) is 0 Å². The quantitative estimate of drug-likeness (QED) is 0.525. The maximum Gasteiger partial charge on any atom is 0.0577 e. The summed E-state index contributed by atoms with van der Waals surface area (Å²) in [5.41, 5.74) is 2.33. The Morgan fingerprint density at radius 1 is 1.00 bits per heavy atom. The van der Waals surface area contributed by atoms with E-state index in [1.807, 2.05) is 0 Å². The van der Waals surface area contributed by atoms with Crippen LogP contribution in [0.15, 0.2) is 11.6 Å². The lowest BCUT2D eigenvalue weighted by Crippen LogP contribution is -2.51. The van der Waals surface area contributed by atoms with Crippen molar-refractivity contribution in [3.8, 4) is 0 Å². The van der Waals surface area contributed by atoms with E-state index in [0.717, 1.165) is 43.4 Å². The Labute approximate surface area is 179 Å². The maximum absolute atomic E-state index is 11.0. The minimum absolute atomic E-state index is 0.108. The molecule has 4 aliphatic rings. The summed E-state index contributed by atoms with van der Waals surface area (Å²) >= 11 is 0. The highest BCUT2D eigenvalue weighted by Crippen LogP contribution is 2.67. The van der Waals surface area contributed by atoms with E-state index < -0.39 is 0 Å². The highest BCUT2D eigenvalue weighted by Gasteiger charge is 2.59. The van der Waals surface area contributed by atoms with Gasteiger partial charge in [-0.15, -0.1) is 0 Å². The van der Waals surface area contributed by atoms with Crippen molar-refractivity contribution in [1.82, 2.24) is 0 Å². The lowest BCUT2D eigenvalue weighted by Gasteiger charge is -2.58. The van der Waals surface area contributed by atoms with Crippen LogP contribution in [0.1, 0.15) is 98.8 Å². The third kappa shape index (κ3) is 3.65. The van der Waals surface area contributed by atoms with Crippen LogP contribution in [0.2, 0.25) is 0 Å². The van der Waals surface area contributed by atoms with E-state index in [4.69, 9.17) is 0 Å². The molecule has 2 heteroatoms. The standard InChI is InChI=1S/C27H46O2/c1-17(2)6-11-25(29)18(3)22-9-10-23-21-8-7-19-16-20(28)12-14-26(19,4)24(21)13-15-27(22,23)5/h7,17-18,20-25,28-29H,6,8-16H2,1-5H3/t18-,20+,21+,22-,23-,24-,25+,26+,27-/m1/s1. The lowest BCUT2D eigenvalue weighted by molar-refractivity contribution is -0.0681. The molecule has 0 aromatic rings. The number of fused-ring (bicyclic) bond motifs is 5. The fourth-order valence-corrected chi connectivity index (χ4v) is 8.58. The fourth-order valence-electron chi connectivity index (χ4n) is 8.58. The number of hydrogen-bond donors (Lipinski definition) is 2. The molecule has 0 heterocycles. The molecule has 0 aromatic heterocycles. The van der Waals surface area contributed by atoms with Crippen LogP contribution in [0.3, 0.4) is 0 Å². The van der Waals surface area contributed by atoms with Crippen molar-refractivity contribution < 1.29 is 10.2 Å². The molecule has 0 unspecified atom stereocenters. The number of aliphatic hydroxyl groups is 2. The summed E-state index contributed by atoms with van der Waals surface area (Å²) in [6.45, 7) is 12.0. The van der Waals surface area contributed by atoms with Gasteiger partial charge in [0, 0.05) is 0 Å². The van der Waals surface area contributed by atoms with Gasteiger partial charge < -0.3 is 10.2 Å². The average Bonchev–Trinajstić information content (AvgIpc) is 3.03. The third-order valence-corrected chi connectivity index (χ3v) is 10.4. The summed E-state index contributed by atoms with van der Waals surface area (Å²) in [5.74, 6) is 4.25. The number of rotatable bonds is 5. The maximum atomic E-state index is 11.0. The third-order valence-electron chi connectivity index (χ3n) is 10.4. The van der Waals surface area contributed by atoms with Crippen LogP contribution in [0, 0.1) is 46.3 Å². The van der Waals surface area contributed by atoms with Gasteiger partial charge in [0.25, 0.3) is 0 Å². The Morgan fingerprint density at radius 3 is 2.48 bits per heavy atom. The van der Waals surface area contributed by atoms with Crippen molar-refractivity contribution in [2.45, 2.75) is 111 Å². The molecule has 4 aliphatic carbocycles. The van der Waals surface area contributed by atoms with Gasteiger partial charge in [0.15, 0.2) is 0 Å². The predicted octanol–water partition coefficient (Wildman–Crippen LogP) is 6.36. The molecule has 0 amide bonds. The van der Waals surface area contributed by atoms with Gasteiger partial charge in [0.05, 0.1) is 12.2 Å². The second-order valence-electron chi connectivity index (χ2n) is 12.3. The zero-order valence-corrected chi connectivity index (χ0v) is 19.7. The normalized spacial score (nSPS) is 46.5. The van der Waals surface area contributed by atoms with Crippen LogP contribution in [-0.4, -0.2) is 22.4 Å². The molecule has 3 saturated carbocycles. The molecule has 3 fully saturated rings. The monoisotopic (exact) mass is 402 g/mol. The van der Waals surface area contributed by atoms with Gasteiger partial charge in [-0.1, -0.05) is 46.3 Å². The highest BCUT2D eigenvalue weighted by molar-refractivity contribution is 5.25. The molecule has 29 heavy (non-hydrogen) atoms. The van der Waals surface area contributed by atoms with Crippen molar-refractivity contribution >= 4 is 0 Å². The molecule has 0 radical (unpaired) electrons. The molecule has 0 bridgehead atoms. The topological polar surface area (TPSA) is 40.5 Å². The van der Waals surface area contributed by atoms with Crippen LogP contribution < -0.4 is 0 Å². The second-order valence-corrected chi connectivity index (χ2v) is 12.3. The van der Waals surface area contributed by atoms with Gasteiger partial charge in [-0.05, 0) is 111 Å². The fraction of sp³-hybridized carbons (Fsp3) is 0.926. The first-order valence-electron chi connectivity index (χ1n) is 12.7. The predicted molar refractivity (Wildman–Crippen MR) is 120 cm³/mol. The van der Waals surface area contributed by atoms with E-state index in [2.05, 4.69) is 40.7 Å². The Kier molecular flexibility index (Phi) is 6.01. The van der Waals surface area contributed by atoms with Crippen molar-refractivity contribution in [3.05, 3.63) is 11.6 Å². The van der Waals surface area contributed by atoms with E-state index in [0.29, 0.717) is 28.6 Å². The molecule has 0 spiro atoms. The van der Waals surface area contributed by atoms with Crippen LogP contribution in [0.4, 0.5) is 0 Å². The molecule has 9 atom stereocenters. The van der Waals surface area contributed by atoms with Crippen molar-refractivity contribution in [2.24, 2.45) is 46.3 Å². The molecule has 166 valence electrons. The second kappa shape index (κ2) is 7.97. The van der Waals surface area contributed by atoms with Gasteiger partial charge in [-0.2, -0.15) is 0 Å². The van der Waals surface area contributed by atoms with E-state index in [1.165, 1.54) is 38.5 Å². The Hall–Kier alpha value is -0.340. The Balaban J connectivity index is 1.51. The van der Waals surface area contributed by atoms with E-state index in [-0.39, 0.29) is 12.2 Å². The summed E-state index contributed by atoms with van der Waals surface area (Å²) in [4.78, 5) is 0. The van der Waals surface area contributed by atoms with Crippen LogP contribution >= 0.6 is 0 Å². The number of aliphatic hydroxyl groups excluding tert-OH is 2. The minimum Gasteiger partial charge on any atom is -0.393 e. The number of hydrogen-bond acceptors (Lipinski definition) is 2. The molecule has 2 nitrogen and oxygen atoms in total. The van der Waals surface area contributed by atoms with Gasteiger partial charge in [-0.25, -0.2) is 0 Å². The molecule has 0 aliphatic heterocycles. The molecule has 4 rings (SSSR count). The van der Waals surface area contributed by atoms with E-state index in [9.17, 15) is 10.2 Å². The Bertz CT molecular complexity index is 624. The molecule has 0 aromatic carbocycles. The van der Waals surface area contributed by atoms with Crippen molar-refractivity contribution in [3.63, 3.8) is 0 Å². The van der Waals surface area contributed by atoms with E-state index >= 15 is 0 Å². The van der Waals surface area contributed by atoms with Gasteiger partial charge in [-0.3, -0.25) is 0 Å². The zero-order chi connectivity index (χ0) is 21.0. The summed E-state index contributed by atoms with van der Waals surface area (Å²) in [7, 11) is 0. The average molecular weight is 403 g/mol. The first-order valence-corrected chi connectivity index (χ1v) is 12.7. The zero-order valence-electron chi connectivity index (χ0n) is 19.7. The molecular weight excluding hydrogens is 356 g/mol. The highest BCUT2D eigenvalue weighted by atomic mass is 16.3. The largest absolute Gasteiger partial charge is 0.393 e.